The molecule has 79 heavy (non-hydrogen) atoms. The van der Waals surface area contributed by atoms with Crippen LogP contribution in [0.4, 0.5) is 0 Å². The highest BCUT2D eigenvalue weighted by Gasteiger charge is 2.45. The van der Waals surface area contributed by atoms with E-state index in [4.69, 9.17) is 28.4 Å². The number of aliphatic hydroxyl groups is 1. The number of nitrogens with one attached hydrogen (secondary N) is 4. The first-order valence-electron chi connectivity index (χ1n) is 28.3. The Kier molecular flexibility index (Phi) is 32.9. The molecule has 0 aliphatic heterocycles. The minimum Gasteiger partial charge on any atom is -0.464 e. The molecule has 5 N–H and O–H groups in total. The van der Waals surface area contributed by atoms with E-state index in [1.807, 2.05) is 97.8 Å². The van der Waals surface area contributed by atoms with Gasteiger partial charge in [-0.1, -0.05) is 98.6 Å². The van der Waals surface area contributed by atoms with Crippen LogP contribution in [-0.4, -0.2) is 186 Å². The zero-order valence-corrected chi connectivity index (χ0v) is 49.8. The van der Waals surface area contributed by atoms with Gasteiger partial charge in [-0.15, -0.1) is 0 Å². The van der Waals surface area contributed by atoms with Crippen LogP contribution in [0.2, 0.25) is 0 Å². The number of amides is 5. The summed E-state index contributed by atoms with van der Waals surface area (Å²) < 4.78 is 33.2. The van der Waals surface area contributed by atoms with Crippen LogP contribution in [0.5, 0.6) is 0 Å². The lowest BCUT2D eigenvalue weighted by Crippen LogP contribution is -2.59. The normalized spacial score (nSPS) is 18.3. The van der Waals surface area contributed by atoms with Crippen molar-refractivity contribution in [2.24, 2.45) is 35.5 Å². The molecule has 450 valence electrons. The third-order valence-electron chi connectivity index (χ3n) is 15.0. The third kappa shape index (κ3) is 23.5. The van der Waals surface area contributed by atoms with Gasteiger partial charge in [-0.2, -0.15) is 0 Å². The summed E-state index contributed by atoms with van der Waals surface area (Å²) in [6.07, 6.45) is 1.12. The van der Waals surface area contributed by atoms with Crippen molar-refractivity contribution in [1.29, 1.82) is 0 Å². The first-order chi connectivity index (χ1) is 37.5. The summed E-state index contributed by atoms with van der Waals surface area (Å²) in [5, 5.41) is 20.6. The van der Waals surface area contributed by atoms with Gasteiger partial charge in [0.25, 0.3) is 0 Å². The minimum absolute atomic E-state index is 0.0102. The van der Waals surface area contributed by atoms with Crippen molar-refractivity contribution >= 4 is 47.3 Å². The molecule has 1 aromatic rings. The molecule has 1 aliphatic carbocycles. The number of aliphatic hydroxyl groups excluding tert-OH is 1. The molecule has 1 aromatic carbocycles. The topological polar surface area (TPSA) is 267 Å². The second-order valence-corrected chi connectivity index (χ2v) is 21.8. The third-order valence-corrected chi connectivity index (χ3v) is 15.0. The Morgan fingerprint density at radius 1 is 0.747 bits per heavy atom. The summed E-state index contributed by atoms with van der Waals surface area (Å²) in [5.41, 5.74) is 0.811. The fraction of sp³-hybridized carbons (Fsp3) is 0.759. The van der Waals surface area contributed by atoms with E-state index in [-0.39, 0.29) is 106 Å². The van der Waals surface area contributed by atoms with Crippen LogP contribution in [0.3, 0.4) is 0 Å². The van der Waals surface area contributed by atoms with E-state index in [0.29, 0.717) is 25.7 Å². The number of esters is 2. The minimum atomic E-state index is -0.981. The van der Waals surface area contributed by atoms with Crippen molar-refractivity contribution in [3.63, 3.8) is 0 Å². The maximum Gasteiger partial charge on any atom is 0.325 e. The van der Waals surface area contributed by atoms with Crippen LogP contribution < -0.4 is 21.3 Å². The Balaban J connectivity index is 2.05. The second kappa shape index (κ2) is 37.0. The maximum absolute atomic E-state index is 14.6. The van der Waals surface area contributed by atoms with Gasteiger partial charge < -0.3 is 59.7 Å². The Labute approximate surface area is 470 Å². The number of nitrogens with zero attached hydrogens (tertiary/aromatic N) is 2. The van der Waals surface area contributed by atoms with Crippen molar-refractivity contribution in [3.8, 4) is 0 Å². The van der Waals surface area contributed by atoms with Crippen molar-refractivity contribution < 1.29 is 71.9 Å². The van der Waals surface area contributed by atoms with Gasteiger partial charge in [0.15, 0.2) is 6.29 Å². The number of ketones is 1. The average molecular weight is 1120 g/mol. The van der Waals surface area contributed by atoms with Crippen LogP contribution in [0.25, 0.3) is 0 Å². The molecule has 1 fully saturated rings. The van der Waals surface area contributed by atoms with Gasteiger partial charge in [0.2, 0.25) is 29.5 Å². The summed E-state index contributed by atoms with van der Waals surface area (Å²) in [7, 11) is 9.86. The van der Waals surface area contributed by atoms with Gasteiger partial charge in [-0.05, 0) is 75.4 Å². The molecule has 3 unspecified atom stereocenters. The molecule has 1 saturated carbocycles. The van der Waals surface area contributed by atoms with Crippen LogP contribution in [0.1, 0.15) is 125 Å². The van der Waals surface area contributed by atoms with E-state index >= 15 is 0 Å². The van der Waals surface area contributed by atoms with Crippen LogP contribution >= 0.6 is 0 Å². The number of Topliss-reactive ketones (excluding diaryl/α,β-unsaturated/α-hetero) is 1. The van der Waals surface area contributed by atoms with Gasteiger partial charge in [0.1, 0.15) is 31.0 Å². The van der Waals surface area contributed by atoms with E-state index < -0.39 is 96.8 Å². The number of benzene rings is 1. The number of carbonyl (C=O) groups excluding carboxylic acids is 8. The molecule has 2 rings (SSSR count). The largest absolute Gasteiger partial charge is 0.464 e. The zero-order valence-electron chi connectivity index (χ0n) is 49.8. The van der Waals surface area contributed by atoms with Gasteiger partial charge >= 0.3 is 11.9 Å². The van der Waals surface area contributed by atoms with Crippen molar-refractivity contribution in [2.75, 3.05) is 75.4 Å². The Hall–Kier alpha value is -5.06. The van der Waals surface area contributed by atoms with Gasteiger partial charge in [0.05, 0.1) is 49.5 Å². The molecule has 5 amide bonds. The molecule has 0 spiro atoms. The molecule has 21 nitrogen and oxygen atoms in total. The molecular weight excluding hydrogens is 1020 g/mol. The molecule has 0 radical (unpaired) electrons. The Morgan fingerprint density at radius 2 is 1.43 bits per heavy atom. The zero-order chi connectivity index (χ0) is 59.4. The molecule has 1 aliphatic rings. The van der Waals surface area contributed by atoms with E-state index in [9.17, 15) is 43.5 Å². The predicted molar refractivity (Wildman–Crippen MR) is 298 cm³/mol. The van der Waals surface area contributed by atoms with Crippen LogP contribution in [0.15, 0.2) is 30.3 Å². The predicted octanol–water partition coefficient (Wildman–Crippen LogP) is 3.99. The highest BCUT2D eigenvalue weighted by Crippen LogP contribution is 2.40. The molecule has 0 heterocycles. The monoisotopic (exact) mass is 1120 g/mol. The molecular formula is C58H98N6O15. The fourth-order valence-electron chi connectivity index (χ4n) is 10.4. The molecule has 21 heteroatoms. The fourth-order valence-corrected chi connectivity index (χ4v) is 10.4. The van der Waals surface area contributed by atoms with Gasteiger partial charge in [-0.3, -0.25) is 43.3 Å². The van der Waals surface area contributed by atoms with Gasteiger partial charge in [0, 0.05) is 66.5 Å². The first-order valence-corrected chi connectivity index (χ1v) is 28.3. The first kappa shape index (κ1) is 70.0. The Morgan fingerprint density at radius 3 is 2.00 bits per heavy atom. The summed E-state index contributed by atoms with van der Waals surface area (Å²) in [6, 6.07) is 6.53. The number of carbonyl (C=O) groups is 8. The number of methoxy groups -OCH3 is 3. The van der Waals surface area contributed by atoms with Crippen molar-refractivity contribution in [2.45, 2.75) is 175 Å². The van der Waals surface area contributed by atoms with Crippen molar-refractivity contribution in [1.82, 2.24) is 31.1 Å². The summed E-state index contributed by atoms with van der Waals surface area (Å²) in [6.45, 7) is 14.6. The second-order valence-electron chi connectivity index (χ2n) is 21.8. The highest BCUT2D eigenvalue weighted by molar-refractivity contribution is 5.91. The van der Waals surface area contributed by atoms with E-state index in [1.54, 1.807) is 26.0 Å². The number of rotatable bonds is 39. The number of ether oxygens (including phenoxy) is 6. The SMILES string of the molecule is CCC(CO)OC(COC(=O)CCCC(=O)NCC(=O)OCCCNC(=O)[C@H](Cc1ccccc1)NC(=O)[C@H](C)[C@@H](OC)[C@@H]1CCCC1C(=O)C[C@@H](OC)[C@H]([C@@H](C)CC)N(C)C(=O)[C@@H](NC(=O)[C@H](C(C)C)N(C)C)C(C)C)OC. The van der Waals surface area contributed by atoms with E-state index in [0.717, 1.165) is 12.0 Å². The van der Waals surface area contributed by atoms with E-state index in [2.05, 4.69) is 21.3 Å². The van der Waals surface area contributed by atoms with Gasteiger partial charge in [-0.25, -0.2) is 0 Å². The lowest BCUT2D eigenvalue weighted by atomic mass is 9.79. The lowest BCUT2D eigenvalue weighted by molar-refractivity contribution is -0.194. The van der Waals surface area contributed by atoms with Crippen molar-refractivity contribution in [3.05, 3.63) is 35.9 Å². The standard InChI is InChI=1S/C58H98N6O15/c1-15-38(7)53(64(11)58(73)51(36(3)4)62-57(72)52(37(5)6)63(9)10)46(74-12)32-45(66)42-25-20-26-43(42)54(76-14)39(8)55(70)61-44(31-40-23-18-17-19-24-40)56(71)59-29-22-30-77-49(69)33-60-47(67)27-21-28-48(68)78-35-50(75-13)79-41(16-2)34-65/h17-19,23-24,36-39,41-44,46,50-54,65H,15-16,20-22,25-35H2,1-14H3,(H,59,71)(H,60,67)(H,61,70)(H,62,72)/t38-,39+,41?,42?,43+,44-,46+,50?,51-,52-,53-,54+/m0/s1. The smallest absolute Gasteiger partial charge is 0.325 e. The summed E-state index contributed by atoms with van der Waals surface area (Å²) in [4.78, 5) is 111. The lowest BCUT2D eigenvalue weighted by Gasteiger charge is -2.40. The highest BCUT2D eigenvalue weighted by atomic mass is 16.7. The molecule has 0 aromatic heterocycles. The molecule has 12 atom stereocenters. The number of likely N-dealkylation sites (N-methyl/N-ethyl adjacent to an activating group) is 2. The summed E-state index contributed by atoms with van der Waals surface area (Å²) in [5.74, 6) is -4.93. The number of hydrogen-bond acceptors (Lipinski definition) is 16. The Bertz CT molecular complexity index is 2010. The molecule has 0 bridgehead atoms. The van der Waals surface area contributed by atoms with Crippen LogP contribution in [0, 0.1) is 35.5 Å². The number of hydrogen-bond donors (Lipinski definition) is 5. The molecule has 0 saturated heterocycles. The van der Waals surface area contributed by atoms with E-state index in [1.165, 1.54) is 14.2 Å². The van der Waals surface area contributed by atoms with Crippen LogP contribution in [-0.2, 0) is 73.2 Å². The average Bonchev–Trinajstić information content (AvgIpc) is 3.90. The summed E-state index contributed by atoms with van der Waals surface area (Å²) >= 11 is 0. The quantitative estimate of drug-likeness (QED) is 0.0354. The maximum atomic E-state index is 14.6.